The van der Waals surface area contributed by atoms with Gasteiger partial charge in [-0.2, -0.15) is 5.10 Å². The Bertz CT molecular complexity index is 898. The molecule has 1 atom stereocenters. The van der Waals surface area contributed by atoms with Crippen molar-refractivity contribution in [2.45, 2.75) is 18.9 Å². The third-order valence-corrected chi connectivity index (χ3v) is 4.78. The molecule has 6 heteroatoms. The molecule has 25 heavy (non-hydrogen) atoms. The number of hydrogen-bond acceptors (Lipinski definition) is 4. The lowest BCUT2D eigenvalue weighted by atomic mass is 10.0. The van der Waals surface area contributed by atoms with E-state index < -0.39 is 0 Å². The van der Waals surface area contributed by atoms with Crippen molar-refractivity contribution in [2.75, 3.05) is 18.0 Å². The summed E-state index contributed by atoms with van der Waals surface area (Å²) < 4.78 is 1.60. The Balaban J connectivity index is 1.53. The van der Waals surface area contributed by atoms with E-state index in [1.807, 2.05) is 24.4 Å². The monoisotopic (exact) mass is 335 g/mol. The molecule has 1 N–H and O–H groups in total. The molecule has 1 saturated heterocycles. The van der Waals surface area contributed by atoms with Crippen molar-refractivity contribution in [1.82, 2.24) is 20.1 Å². The Hall–Kier alpha value is -2.89. The van der Waals surface area contributed by atoms with Gasteiger partial charge in [-0.3, -0.25) is 14.5 Å². The van der Waals surface area contributed by atoms with Crippen molar-refractivity contribution in [3.05, 3.63) is 54.5 Å². The molecule has 128 valence electrons. The molecule has 0 spiro atoms. The standard InChI is InChI=1S/C19H21N5O/c1-23-18(9-11-21-23)19(25)22-14-5-4-12-24(13-14)17-8-10-20-16-7-3-2-6-15(16)17/h2-3,6-11,14H,4-5,12-13H2,1H3,(H,22,25). The number of anilines is 1. The lowest BCUT2D eigenvalue weighted by molar-refractivity contribution is 0.0923. The molecule has 1 unspecified atom stereocenters. The van der Waals surface area contributed by atoms with Crippen molar-refractivity contribution >= 4 is 22.5 Å². The van der Waals surface area contributed by atoms with Gasteiger partial charge in [0.25, 0.3) is 5.91 Å². The van der Waals surface area contributed by atoms with Gasteiger partial charge >= 0.3 is 0 Å². The molecular formula is C19H21N5O. The lowest BCUT2D eigenvalue weighted by Crippen LogP contribution is -2.48. The normalized spacial score (nSPS) is 17.6. The maximum absolute atomic E-state index is 12.4. The van der Waals surface area contributed by atoms with Crippen LogP contribution in [0.15, 0.2) is 48.8 Å². The number of carbonyl (C=O) groups excluding carboxylic acids is 1. The van der Waals surface area contributed by atoms with Gasteiger partial charge in [-0.15, -0.1) is 0 Å². The highest BCUT2D eigenvalue weighted by Crippen LogP contribution is 2.27. The summed E-state index contributed by atoms with van der Waals surface area (Å²) in [4.78, 5) is 19.2. The zero-order valence-electron chi connectivity index (χ0n) is 14.2. The van der Waals surface area contributed by atoms with Crippen molar-refractivity contribution in [3.63, 3.8) is 0 Å². The van der Waals surface area contributed by atoms with E-state index in [1.165, 1.54) is 5.69 Å². The second kappa shape index (κ2) is 6.55. The molecule has 0 saturated carbocycles. The Morgan fingerprint density at radius 1 is 1.20 bits per heavy atom. The fourth-order valence-electron chi connectivity index (χ4n) is 3.53. The lowest BCUT2D eigenvalue weighted by Gasteiger charge is -2.35. The summed E-state index contributed by atoms with van der Waals surface area (Å²) in [6.07, 6.45) is 5.54. The quantitative estimate of drug-likeness (QED) is 0.798. The molecule has 3 aromatic rings. The molecule has 6 nitrogen and oxygen atoms in total. The zero-order valence-corrected chi connectivity index (χ0v) is 14.2. The number of nitrogens with one attached hydrogen (secondary N) is 1. The number of carbonyl (C=O) groups is 1. The van der Waals surface area contributed by atoms with E-state index in [0.717, 1.165) is 36.8 Å². The van der Waals surface area contributed by atoms with E-state index in [9.17, 15) is 4.79 Å². The molecule has 1 amide bonds. The maximum atomic E-state index is 12.4. The summed E-state index contributed by atoms with van der Waals surface area (Å²) in [6.45, 7) is 1.80. The Morgan fingerprint density at radius 3 is 2.92 bits per heavy atom. The van der Waals surface area contributed by atoms with Crippen LogP contribution < -0.4 is 10.2 Å². The molecule has 2 aromatic heterocycles. The summed E-state index contributed by atoms with van der Waals surface area (Å²) >= 11 is 0. The summed E-state index contributed by atoms with van der Waals surface area (Å²) in [5.74, 6) is -0.0635. The molecule has 0 radical (unpaired) electrons. The first-order valence-electron chi connectivity index (χ1n) is 8.60. The third-order valence-electron chi connectivity index (χ3n) is 4.78. The summed E-state index contributed by atoms with van der Waals surface area (Å²) in [5, 5.41) is 8.37. The smallest absolute Gasteiger partial charge is 0.269 e. The first-order chi connectivity index (χ1) is 12.2. The van der Waals surface area contributed by atoms with E-state index in [2.05, 4.69) is 32.4 Å². The van der Waals surface area contributed by atoms with Crippen LogP contribution in [0.4, 0.5) is 5.69 Å². The summed E-state index contributed by atoms with van der Waals surface area (Å²) in [6, 6.07) is 12.1. The molecule has 4 rings (SSSR count). The van der Waals surface area contributed by atoms with Crippen LogP contribution in [0, 0.1) is 0 Å². The fraction of sp³-hybridized carbons (Fsp3) is 0.316. The minimum Gasteiger partial charge on any atom is -0.369 e. The van der Waals surface area contributed by atoms with Gasteiger partial charge in [-0.25, -0.2) is 0 Å². The Morgan fingerprint density at radius 2 is 2.08 bits per heavy atom. The zero-order chi connectivity index (χ0) is 17.2. The molecule has 1 aliphatic rings. The molecular weight excluding hydrogens is 314 g/mol. The molecule has 1 aromatic carbocycles. The van der Waals surface area contributed by atoms with Crippen LogP contribution in [0.5, 0.6) is 0 Å². The van der Waals surface area contributed by atoms with Gasteiger partial charge in [-0.1, -0.05) is 18.2 Å². The average molecular weight is 335 g/mol. The number of fused-ring (bicyclic) bond motifs is 1. The predicted octanol–water partition coefficient (Wildman–Crippen LogP) is 2.37. The van der Waals surface area contributed by atoms with Crippen molar-refractivity contribution in [1.29, 1.82) is 0 Å². The average Bonchev–Trinajstić information content (AvgIpc) is 3.07. The summed E-state index contributed by atoms with van der Waals surface area (Å²) in [5.41, 5.74) is 2.78. The van der Waals surface area contributed by atoms with Crippen molar-refractivity contribution < 1.29 is 4.79 Å². The third kappa shape index (κ3) is 3.07. The number of rotatable bonds is 3. The van der Waals surface area contributed by atoms with Crippen LogP contribution in [-0.2, 0) is 7.05 Å². The number of piperidine rings is 1. The number of benzene rings is 1. The van der Waals surface area contributed by atoms with Crippen molar-refractivity contribution in [2.24, 2.45) is 7.05 Å². The van der Waals surface area contributed by atoms with Gasteiger partial charge in [0.2, 0.25) is 0 Å². The van der Waals surface area contributed by atoms with Crippen LogP contribution in [-0.4, -0.2) is 39.8 Å². The van der Waals surface area contributed by atoms with Gasteiger partial charge in [0, 0.05) is 49.6 Å². The second-order valence-electron chi connectivity index (χ2n) is 6.45. The van der Waals surface area contributed by atoms with Crippen LogP contribution in [0.25, 0.3) is 10.9 Å². The number of hydrogen-bond donors (Lipinski definition) is 1. The van der Waals surface area contributed by atoms with Crippen LogP contribution in [0.2, 0.25) is 0 Å². The van der Waals surface area contributed by atoms with Crippen LogP contribution in [0.1, 0.15) is 23.3 Å². The number of amides is 1. The molecule has 1 fully saturated rings. The van der Waals surface area contributed by atoms with Gasteiger partial charge in [0.15, 0.2) is 0 Å². The minimum absolute atomic E-state index is 0.0635. The predicted molar refractivity (Wildman–Crippen MR) is 97.7 cm³/mol. The SMILES string of the molecule is Cn1nccc1C(=O)NC1CCCN(c2ccnc3ccccc23)C1. The molecule has 3 heterocycles. The highest BCUT2D eigenvalue weighted by Gasteiger charge is 2.24. The van der Waals surface area contributed by atoms with Gasteiger partial charge in [0.1, 0.15) is 5.69 Å². The summed E-state index contributed by atoms with van der Waals surface area (Å²) in [7, 11) is 1.78. The van der Waals surface area contributed by atoms with E-state index >= 15 is 0 Å². The Labute approximate surface area is 146 Å². The molecule has 1 aliphatic heterocycles. The number of aromatic nitrogens is 3. The maximum Gasteiger partial charge on any atom is 0.269 e. The number of nitrogens with zero attached hydrogens (tertiary/aromatic N) is 4. The number of pyridine rings is 1. The highest BCUT2D eigenvalue weighted by atomic mass is 16.2. The van der Waals surface area contributed by atoms with Gasteiger partial charge < -0.3 is 10.2 Å². The van der Waals surface area contributed by atoms with E-state index in [1.54, 1.807) is 24.0 Å². The first kappa shape index (κ1) is 15.6. The fourth-order valence-corrected chi connectivity index (χ4v) is 3.53. The number of aryl methyl sites for hydroxylation is 1. The molecule has 0 bridgehead atoms. The largest absolute Gasteiger partial charge is 0.369 e. The molecule has 0 aliphatic carbocycles. The number of para-hydroxylation sites is 1. The van der Waals surface area contributed by atoms with E-state index in [0.29, 0.717) is 5.69 Å². The van der Waals surface area contributed by atoms with E-state index in [4.69, 9.17) is 0 Å². The van der Waals surface area contributed by atoms with E-state index in [-0.39, 0.29) is 11.9 Å². The van der Waals surface area contributed by atoms with Gasteiger partial charge in [-0.05, 0) is 31.0 Å². The topological polar surface area (TPSA) is 63.1 Å². The van der Waals surface area contributed by atoms with Crippen LogP contribution >= 0.6 is 0 Å². The first-order valence-corrected chi connectivity index (χ1v) is 8.60. The van der Waals surface area contributed by atoms with Crippen LogP contribution in [0.3, 0.4) is 0 Å². The van der Waals surface area contributed by atoms with Crippen molar-refractivity contribution in [3.8, 4) is 0 Å². The minimum atomic E-state index is -0.0635. The van der Waals surface area contributed by atoms with Gasteiger partial charge in [0.05, 0.1) is 5.52 Å². The highest BCUT2D eigenvalue weighted by molar-refractivity contribution is 5.93. The second-order valence-corrected chi connectivity index (χ2v) is 6.45. The Kier molecular flexibility index (Phi) is 4.09.